The number of hydrogen-bond acceptors (Lipinski definition) is 7. The number of aliphatic hydroxyl groups is 1. The Morgan fingerprint density at radius 1 is 1.44 bits per heavy atom. The molecule has 0 saturated carbocycles. The number of carbonyl (C=O) groups is 2. The average Bonchev–Trinajstić information content (AvgIpc) is 3.11. The van der Waals surface area contributed by atoms with Gasteiger partial charge in [0.1, 0.15) is 29.7 Å². The number of hydrogen-bond donors (Lipinski definition) is 1. The lowest BCUT2D eigenvalue weighted by Crippen LogP contribution is -2.64. The highest BCUT2D eigenvalue weighted by Gasteiger charge is 2.55. The molecule has 1 aromatic carbocycles. The summed E-state index contributed by atoms with van der Waals surface area (Å²) < 4.78 is 11.0. The number of aliphatic hydroxyl groups excluding tert-OH is 1. The lowest BCUT2D eigenvalue weighted by atomic mass is 9.97. The molecule has 2 fully saturated rings. The van der Waals surface area contributed by atoms with Gasteiger partial charge in [-0.3, -0.25) is 4.79 Å². The second kappa shape index (κ2) is 8.62. The van der Waals surface area contributed by atoms with Gasteiger partial charge in [-0.2, -0.15) is 0 Å². The van der Waals surface area contributed by atoms with Crippen LogP contribution in [0, 0.1) is 0 Å². The van der Waals surface area contributed by atoms with E-state index in [1.54, 1.807) is 6.92 Å². The van der Waals surface area contributed by atoms with Crippen molar-refractivity contribution in [1.82, 2.24) is 4.90 Å². The van der Waals surface area contributed by atoms with Crippen LogP contribution in [0.15, 0.2) is 35.4 Å². The molecule has 2 heterocycles. The molecule has 10 heteroatoms. The van der Waals surface area contributed by atoms with Crippen molar-refractivity contribution in [2.45, 2.75) is 43.2 Å². The van der Waals surface area contributed by atoms with Gasteiger partial charge in [0.25, 0.3) is 0 Å². The summed E-state index contributed by atoms with van der Waals surface area (Å²) in [5, 5.41) is 13.5. The topological polar surface area (TPSA) is 125 Å². The number of fused-ring (bicyclic) bond motifs is 1. The van der Waals surface area contributed by atoms with Crippen molar-refractivity contribution in [3.8, 4) is 0 Å². The van der Waals surface area contributed by atoms with E-state index < -0.39 is 41.5 Å². The van der Waals surface area contributed by atoms with Crippen molar-refractivity contribution in [2.75, 3.05) is 12.4 Å². The molecule has 9 nitrogen and oxygen atoms in total. The summed E-state index contributed by atoms with van der Waals surface area (Å²) in [7, 11) is 0. The number of esters is 1. The Bertz CT molecular complexity index is 742. The second-order valence-corrected chi connectivity index (χ2v) is 7.29. The standard InChI is InChI=1S/C17H20N4O5S/c1-2-25-17(24)11-9-27-16-14(26-8-10-6-4-3-5-7-10)13(22)12(19-20-18)15(23)21(11)16/h3-7,11-14,16,22H,2,8-9H2,1H3/t11-,12+,13+,14-,16-/m0/s1. The van der Waals surface area contributed by atoms with Crippen LogP contribution in [0.5, 0.6) is 0 Å². The van der Waals surface area contributed by atoms with Crippen molar-refractivity contribution in [1.29, 1.82) is 0 Å². The van der Waals surface area contributed by atoms with Crippen LogP contribution in [0.2, 0.25) is 0 Å². The number of ether oxygens (including phenoxy) is 2. The van der Waals surface area contributed by atoms with Gasteiger partial charge in [0.15, 0.2) is 0 Å². The highest BCUT2D eigenvalue weighted by atomic mass is 32.2. The molecular weight excluding hydrogens is 372 g/mol. The van der Waals surface area contributed by atoms with E-state index in [-0.39, 0.29) is 13.2 Å². The number of amides is 1. The third-order valence-electron chi connectivity index (χ3n) is 4.50. The summed E-state index contributed by atoms with van der Waals surface area (Å²) >= 11 is 1.34. The first-order chi connectivity index (χ1) is 13.1. The lowest BCUT2D eigenvalue weighted by molar-refractivity contribution is -0.167. The monoisotopic (exact) mass is 392 g/mol. The normalized spacial score (nSPS) is 29.8. The predicted molar refractivity (Wildman–Crippen MR) is 97.5 cm³/mol. The summed E-state index contributed by atoms with van der Waals surface area (Å²) in [4.78, 5) is 29.0. The molecule has 0 spiro atoms. The molecule has 0 aliphatic carbocycles. The SMILES string of the molecule is CCOC(=O)[C@@H]1CS[C@H]2[C@@H](OCc3ccccc3)[C@H](O)[C@@H](N=[N+]=[N-])C(=O)N12. The molecule has 5 atom stereocenters. The van der Waals surface area contributed by atoms with Gasteiger partial charge in [-0.1, -0.05) is 35.4 Å². The molecular formula is C17H20N4O5S. The van der Waals surface area contributed by atoms with Crippen LogP contribution < -0.4 is 0 Å². The molecule has 0 bridgehead atoms. The van der Waals surface area contributed by atoms with E-state index in [2.05, 4.69) is 10.0 Å². The fraction of sp³-hybridized carbons (Fsp3) is 0.529. The van der Waals surface area contributed by atoms with E-state index >= 15 is 0 Å². The number of carbonyl (C=O) groups excluding carboxylic acids is 2. The number of piperidine rings is 1. The second-order valence-electron chi connectivity index (χ2n) is 6.14. The number of azide groups is 1. The Morgan fingerprint density at radius 3 is 2.85 bits per heavy atom. The van der Waals surface area contributed by atoms with Crippen LogP contribution >= 0.6 is 11.8 Å². The minimum absolute atomic E-state index is 0.197. The minimum Gasteiger partial charge on any atom is -0.464 e. The van der Waals surface area contributed by atoms with E-state index in [4.69, 9.17) is 15.0 Å². The lowest BCUT2D eigenvalue weighted by Gasteiger charge is -2.42. The molecule has 0 radical (unpaired) electrons. The van der Waals surface area contributed by atoms with Crippen LogP contribution in [0.25, 0.3) is 10.4 Å². The molecule has 0 unspecified atom stereocenters. The van der Waals surface area contributed by atoms with Gasteiger partial charge in [0.05, 0.1) is 13.2 Å². The molecule has 1 aromatic rings. The van der Waals surface area contributed by atoms with Crippen LogP contribution in [-0.4, -0.2) is 63.9 Å². The molecule has 0 aromatic heterocycles. The molecule has 1 amide bonds. The third kappa shape index (κ3) is 3.89. The van der Waals surface area contributed by atoms with Gasteiger partial charge in [0, 0.05) is 10.7 Å². The van der Waals surface area contributed by atoms with Gasteiger partial charge >= 0.3 is 5.97 Å². The van der Waals surface area contributed by atoms with Gasteiger partial charge in [-0.05, 0) is 18.0 Å². The number of benzene rings is 1. The molecule has 2 aliphatic heterocycles. The van der Waals surface area contributed by atoms with Gasteiger partial charge in [-0.15, -0.1) is 11.8 Å². The van der Waals surface area contributed by atoms with E-state index in [0.717, 1.165) is 5.56 Å². The molecule has 1 N–H and O–H groups in total. The number of rotatable bonds is 6. The minimum atomic E-state index is -1.34. The number of thioether (sulfide) groups is 1. The highest BCUT2D eigenvalue weighted by Crippen LogP contribution is 2.39. The Morgan fingerprint density at radius 2 is 2.19 bits per heavy atom. The molecule has 2 aliphatic rings. The van der Waals surface area contributed by atoms with Crippen molar-refractivity contribution >= 4 is 23.6 Å². The van der Waals surface area contributed by atoms with Gasteiger partial charge < -0.3 is 19.5 Å². The Kier molecular flexibility index (Phi) is 6.22. The first-order valence-electron chi connectivity index (χ1n) is 8.56. The zero-order valence-corrected chi connectivity index (χ0v) is 15.5. The summed E-state index contributed by atoms with van der Waals surface area (Å²) in [6.45, 7) is 2.10. The summed E-state index contributed by atoms with van der Waals surface area (Å²) in [6, 6.07) is 7.25. The Hall–Kier alpha value is -2.26. The van der Waals surface area contributed by atoms with Crippen LogP contribution in [0.1, 0.15) is 12.5 Å². The molecule has 2 saturated heterocycles. The number of nitrogens with zero attached hydrogens (tertiary/aromatic N) is 4. The van der Waals surface area contributed by atoms with Crippen molar-refractivity contribution in [3.05, 3.63) is 46.3 Å². The Labute approximate surface area is 160 Å². The van der Waals surface area contributed by atoms with Crippen molar-refractivity contribution in [3.63, 3.8) is 0 Å². The van der Waals surface area contributed by atoms with Gasteiger partial charge in [0.2, 0.25) is 5.91 Å². The fourth-order valence-electron chi connectivity index (χ4n) is 3.25. The summed E-state index contributed by atoms with van der Waals surface area (Å²) in [5.41, 5.74) is 9.69. The average molecular weight is 392 g/mol. The van der Waals surface area contributed by atoms with Crippen LogP contribution in [-0.2, 0) is 25.7 Å². The maximum atomic E-state index is 12.8. The zero-order valence-electron chi connectivity index (χ0n) is 14.7. The molecule has 3 rings (SSSR count). The van der Waals surface area contributed by atoms with Crippen LogP contribution in [0.3, 0.4) is 0 Å². The van der Waals surface area contributed by atoms with Crippen molar-refractivity contribution < 1.29 is 24.2 Å². The summed E-state index contributed by atoms with van der Waals surface area (Å²) in [6.07, 6.45) is -2.10. The smallest absolute Gasteiger partial charge is 0.329 e. The van der Waals surface area contributed by atoms with Crippen LogP contribution in [0.4, 0.5) is 0 Å². The molecule has 144 valence electrons. The largest absolute Gasteiger partial charge is 0.464 e. The summed E-state index contributed by atoms with van der Waals surface area (Å²) in [5.74, 6) is -0.775. The van der Waals surface area contributed by atoms with E-state index in [9.17, 15) is 14.7 Å². The third-order valence-corrected chi connectivity index (χ3v) is 5.85. The van der Waals surface area contributed by atoms with E-state index in [1.165, 1.54) is 16.7 Å². The highest BCUT2D eigenvalue weighted by molar-refractivity contribution is 8.00. The first-order valence-corrected chi connectivity index (χ1v) is 9.61. The maximum Gasteiger partial charge on any atom is 0.329 e. The zero-order chi connectivity index (χ0) is 19.4. The quantitative estimate of drug-likeness (QED) is 0.338. The van der Waals surface area contributed by atoms with Crippen molar-refractivity contribution in [2.24, 2.45) is 5.11 Å². The van der Waals surface area contributed by atoms with E-state index in [1.807, 2.05) is 30.3 Å². The first kappa shape index (κ1) is 19.5. The Balaban J connectivity index is 1.84. The maximum absolute atomic E-state index is 12.8. The van der Waals surface area contributed by atoms with E-state index in [0.29, 0.717) is 5.75 Å². The predicted octanol–water partition coefficient (Wildman–Crippen LogP) is 1.46. The fourth-order valence-corrected chi connectivity index (χ4v) is 4.76. The molecule has 27 heavy (non-hydrogen) atoms. The van der Waals surface area contributed by atoms with Gasteiger partial charge in [-0.25, -0.2) is 4.79 Å².